The molecule has 2 unspecified atom stereocenters. The Morgan fingerprint density at radius 1 is 1.26 bits per heavy atom. The van der Waals surface area contributed by atoms with Gasteiger partial charge in [-0.05, 0) is 19.3 Å². The lowest BCUT2D eigenvalue weighted by Crippen LogP contribution is -2.29. The van der Waals surface area contributed by atoms with Gasteiger partial charge in [-0.25, -0.2) is 9.78 Å². The topological polar surface area (TPSA) is 70.5 Å². The molecule has 2 rings (SSSR count). The van der Waals surface area contributed by atoms with E-state index in [1.165, 1.54) is 19.5 Å². The minimum absolute atomic E-state index is 0.0564. The molecule has 1 aliphatic rings. The molecule has 1 aliphatic carbocycles. The molecule has 19 heavy (non-hydrogen) atoms. The third kappa shape index (κ3) is 3.64. The number of esters is 1. The first-order valence-corrected chi connectivity index (χ1v) is 6.32. The maximum absolute atomic E-state index is 11.4. The fourth-order valence-electron chi connectivity index (χ4n) is 2.20. The molecule has 1 aromatic heterocycles. The Kier molecular flexibility index (Phi) is 4.68. The Balaban J connectivity index is 2.00. The summed E-state index contributed by atoms with van der Waals surface area (Å²) < 4.78 is 15.7. The van der Waals surface area contributed by atoms with Gasteiger partial charge < -0.3 is 14.2 Å². The van der Waals surface area contributed by atoms with E-state index in [9.17, 15) is 4.79 Å². The Labute approximate surface area is 112 Å². The van der Waals surface area contributed by atoms with Crippen molar-refractivity contribution in [3.05, 3.63) is 18.1 Å². The van der Waals surface area contributed by atoms with E-state index in [1.807, 2.05) is 0 Å². The first-order chi connectivity index (χ1) is 9.22. The fourth-order valence-corrected chi connectivity index (χ4v) is 2.20. The van der Waals surface area contributed by atoms with Crippen LogP contribution >= 0.6 is 0 Å². The van der Waals surface area contributed by atoms with Crippen LogP contribution in [0.3, 0.4) is 0 Å². The second-order valence-electron chi connectivity index (χ2n) is 4.50. The highest BCUT2D eigenvalue weighted by Crippen LogP contribution is 2.24. The first-order valence-electron chi connectivity index (χ1n) is 6.32. The number of nitrogens with zero attached hydrogens (tertiary/aromatic N) is 2. The predicted octanol–water partition coefficient (Wildman–Crippen LogP) is 1.60. The summed E-state index contributed by atoms with van der Waals surface area (Å²) in [5.41, 5.74) is 0.152. The molecule has 0 aromatic carbocycles. The molecular formula is C13H18N2O4. The molecule has 0 amide bonds. The summed E-state index contributed by atoms with van der Waals surface area (Å²) in [6.07, 6.45) is 7.07. The highest BCUT2D eigenvalue weighted by atomic mass is 16.5. The van der Waals surface area contributed by atoms with Gasteiger partial charge in [-0.3, -0.25) is 4.98 Å². The van der Waals surface area contributed by atoms with Gasteiger partial charge in [-0.2, -0.15) is 0 Å². The molecule has 0 saturated heterocycles. The Bertz CT molecular complexity index is 438. The van der Waals surface area contributed by atoms with Crippen molar-refractivity contribution in [1.82, 2.24) is 9.97 Å². The maximum atomic E-state index is 11.4. The number of hydrogen-bond acceptors (Lipinski definition) is 6. The van der Waals surface area contributed by atoms with E-state index in [0.29, 0.717) is 5.88 Å². The van der Waals surface area contributed by atoms with Crippen molar-refractivity contribution in [2.45, 2.75) is 37.9 Å². The molecule has 1 aromatic rings. The monoisotopic (exact) mass is 266 g/mol. The number of rotatable bonds is 4. The van der Waals surface area contributed by atoms with Crippen molar-refractivity contribution in [1.29, 1.82) is 0 Å². The van der Waals surface area contributed by atoms with Crippen LogP contribution in [0.25, 0.3) is 0 Å². The molecule has 6 nitrogen and oxygen atoms in total. The van der Waals surface area contributed by atoms with Crippen LogP contribution in [0.5, 0.6) is 5.88 Å². The van der Waals surface area contributed by atoms with Crippen LogP contribution in [-0.4, -0.2) is 42.4 Å². The van der Waals surface area contributed by atoms with Crippen molar-refractivity contribution in [2.75, 3.05) is 14.2 Å². The zero-order valence-corrected chi connectivity index (χ0v) is 11.2. The largest absolute Gasteiger partial charge is 0.473 e. The minimum Gasteiger partial charge on any atom is -0.473 e. The highest BCUT2D eigenvalue weighted by Gasteiger charge is 2.23. The summed E-state index contributed by atoms with van der Waals surface area (Å²) in [4.78, 5) is 19.4. The maximum Gasteiger partial charge on any atom is 0.358 e. The lowest BCUT2D eigenvalue weighted by molar-refractivity contribution is 0.0191. The van der Waals surface area contributed by atoms with Gasteiger partial charge in [0.05, 0.1) is 25.6 Å². The molecule has 0 bridgehead atoms. The van der Waals surface area contributed by atoms with E-state index in [1.54, 1.807) is 7.11 Å². The molecule has 0 aliphatic heterocycles. The van der Waals surface area contributed by atoms with E-state index >= 15 is 0 Å². The van der Waals surface area contributed by atoms with Gasteiger partial charge in [0.25, 0.3) is 0 Å². The van der Waals surface area contributed by atoms with Crippen LogP contribution in [0.4, 0.5) is 0 Å². The number of carbonyl (C=O) groups excluding carboxylic acids is 1. The van der Waals surface area contributed by atoms with Crippen LogP contribution < -0.4 is 4.74 Å². The fraction of sp³-hybridized carbons (Fsp3) is 0.615. The van der Waals surface area contributed by atoms with Crippen molar-refractivity contribution in [3.63, 3.8) is 0 Å². The zero-order valence-electron chi connectivity index (χ0n) is 11.2. The van der Waals surface area contributed by atoms with Gasteiger partial charge in [0.1, 0.15) is 6.10 Å². The Morgan fingerprint density at radius 2 is 2.05 bits per heavy atom. The molecule has 1 fully saturated rings. The molecule has 6 heteroatoms. The molecular weight excluding hydrogens is 248 g/mol. The summed E-state index contributed by atoms with van der Waals surface area (Å²) >= 11 is 0. The summed E-state index contributed by atoms with van der Waals surface area (Å²) in [6, 6.07) is 0. The van der Waals surface area contributed by atoms with Gasteiger partial charge in [-0.15, -0.1) is 0 Å². The normalized spacial score (nSPS) is 22.8. The first kappa shape index (κ1) is 13.7. The van der Waals surface area contributed by atoms with Gasteiger partial charge in [0, 0.05) is 13.5 Å². The standard InChI is InChI=1S/C13H18N2O4/c1-17-9-4-3-5-10(6-9)19-12-8-14-7-11(15-12)13(16)18-2/h7-10H,3-6H2,1-2H3. The number of ether oxygens (including phenoxy) is 3. The number of aromatic nitrogens is 2. The third-order valence-electron chi connectivity index (χ3n) is 3.21. The molecule has 2 atom stereocenters. The van der Waals surface area contributed by atoms with E-state index in [4.69, 9.17) is 9.47 Å². The number of methoxy groups -OCH3 is 2. The third-order valence-corrected chi connectivity index (χ3v) is 3.21. The molecule has 0 N–H and O–H groups in total. The van der Waals surface area contributed by atoms with Crippen molar-refractivity contribution < 1.29 is 19.0 Å². The summed E-state index contributed by atoms with van der Waals surface area (Å²) in [6.45, 7) is 0. The smallest absolute Gasteiger partial charge is 0.358 e. The van der Waals surface area contributed by atoms with Gasteiger partial charge in [0.15, 0.2) is 5.69 Å². The Morgan fingerprint density at radius 3 is 2.79 bits per heavy atom. The van der Waals surface area contributed by atoms with E-state index < -0.39 is 5.97 Å². The van der Waals surface area contributed by atoms with Crippen LogP contribution in [-0.2, 0) is 9.47 Å². The van der Waals surface area contributed by atoms with Gasteiger partial charge >= 0.3 is 5.97 Å². The number of hydrogen-bond donors (Lipinski definition) is 0. The highest BCUT2D eigenvalue weighted by molar-refractivity contribution is 5.86. The van der Waals surface area contributed by atoms with Gasteiger partial charge in [0.2, 0.25) is 5.88 Å². The quantitative estimate of drug-likeness (QED) is 0.771. The second-order valence-corrected chi connectivity index (χ2v) is 4.50. The SMILES string of the molecule is COC(=O)c1cncc(OC2CCCC(OC)C2)n1. The predicted molar refractivity (Wildman–Crippen MR) is 67.1 cm³/mol. The molecule has 104 valence electrons. The molecule has 0 radical (unpaired) electrons. The van der Waals surface area contributed by atoms with E-state index in [2.05, 4.69) is 14.7 Å². The van der Waals surface area contributed by atoms with E-state index in [-0.39, 0.29) is 17.9 Å². The summed E-state index contributed by atoms with van der Waals surface area (Å²) in [7, 11) is 3.02. The van der Waals surface area contributed by atoms with Crippen LogP contribution in [0, 0.1) is 0 Å². The molecule has 0 spiro atoms. The summed E-state index contributed by atoms with van der Waals surface area (Å²) in [5, 5.41) is 0. The Hall–Kier alpha value is -1.69. The van der Waals surface area contributed by atoms with Crippen LogP contribution in [0.1, 0.15) is 36.2 Å². The zero-order chi connectivity index (χ0) is 13.7. The second kappa shape index (κ2) is 6.47. The van der Waals surface area contributed by atoms with Crippen LogP contribution in [0.15, 0.2) is 12.4 Å². The summed E-state index contributed by atoms with van der Waals surface area (Å²) in [5.74, 6) is -0.166. The molecule has 1 heterocycles. The van der Waals surface area contributed by atoms with E-state index in [0.717, 1.165) is 25.7 Å². The molecule has 1 saturated carbocycles. The lowest BCUT2D eigenvalue weighted by atomic mass is 9.95. The average molecular weight is 266 g/mol. The van der Waals surface area contributed by atoms with Crippen molar-refractivity contribution in [2.24, 2.45) is 0 Å². The average Bonchev–Trinajstić information content (AvgIpc) is 2.47. The van der Waals surface area contributed by atoms with Crippen LogP contribution in [0.2, 0.25) is 0 Å². The number of carbonyl (C=O) groups is 1. The van der Waals surface area contributed by atoms with Crippen molar-refractivity contribution >= 4 is 5.97 Å². The van der Waals surface area contributed by atoms with Gasteiger partial charge in [-0.1, -0.05) is 0 Å². The van der Waals surface area contributed by atoms with Crippen molar-refractivity contribution in [3.8, 4) is 5.88 Å². The lowest BCUT2D eigenvalue weighted by Gasteiger charge is -2.28. The minimum atomic E-state index is -0.517.